The number of carbonyl (C=O) groups is 1. The molecule has 0 aromatic heterocycles. The summed E-state index contributed by atoms with van der Waals surface area (Å²) in [6.07, 6.45) is 2.98. The van der Waals surface area contributed by atoms with Gasteiger partial charge in [-0.2, -0.15) is 0 Å². The molecule has 2 N–H and O–H groups in total. The van der Waals surface area contributed by atoms with Crippen LogP contribution in [-0.4, -0.2) is 47.7 Å². The molecule has 2 aliphatic rings. The standard InChI is InChI=1S/C9H16N2O2/c12-7-5-11(6-7)9(13)8-3-1-2-4-10-8/h7-8,10,12H,1-6H2. The highest BCUT2D eigenvalue weighted by atomic mass is 16.3. The van der Waals surface area contributed by atoms with Crippen molar-refractivity contribution in [3.63, 3.8) is 0 Å². The van der Waals surface area contributed by atoms with Crippen molar-refractivity contribution in [2.24, 2.45) is 0 Å². The first kappa shape index (κ1) is 8.97. The summed E-state index contributed by atoms with van der Waals surface area (Å²) in [5, 5.41) is 12.3. The lowest BCUT2D eigenvalue weighted by Gasteiger charge is -2.39. The molecule has 1 amide bonds. The van der Waals surface area contributed by atoms with Gasteiger partial charge in [0.2, 0.25) is 5.91 Å². The summed E-state index contributed by atoms with van der Waals surface area (Å²) in [4.78, 5) is 13.4. The second-order valence-electron chi connectivity index (χ2n) is 3.90. The average Bonchev–Trinajstić information content (AvgIpc) is 2.13. The van der Waals surface area contributed by atoms with Crippen LogP contribution in [0.25, 0.3) is 0 Å². The Balaban J connectivity index is 1.82. The molecule has 4 nitrogen and oxygen atoms in total. The van der Waals surface area contributed by atoms with Crippen LogP contribution in [0.15, 0.2) is 0 Å². The van der Waals surface area contributed by atoms with E-state index in [-0.39, 0.29) is 18.1 Å². The molecule has 2 heterocycles. The minimum absolute atomic E-state index is 0.0150. The van der Waals surface area contributed by atoms with Crippen molar-refractivity contribution >= 4 is 5.91 Å². The first-order valence-corrected chi connectivity index (χ1v) is 4.97. The zero-order valence-corrected chi connectivity index (χ0v) is 7.70. The molecular weight excluding hydrogens is 168 g/mol. The van der Waals surface area contributed by atoms with Crippen molar-refractivity contribution in [3.8, 4) is 0 Å². The van der Waals surface area contributed by atoms with Crippen LogP contribution < -0.4 is 5.32 Å². The van der Waals surface area contributed by atoms with E-state index in [2.05, 4.69) is 5.32 Å². The Labute approximate surface area is 77.9 Å². The van der Waals surface area contributed by atoms with Gasteiger partial charge < -0.3 is 15.3 Å². The summed E-state index contributed by atoms with van der Waals surface area (Å²) in [5.41, 5.74) is 0. The lowest BCUT2D eigenvalue weighted by molar-refractivity contribution is -0.144. The van der Waals surface area contributed by atoms with Crippen LogP contribution in [0.1, 0.15) is 19.3 Å². The van der Waals surface area contributed by atoms with Gasteiger partial charge >= 0.3 is 0 Å². The smallest absolute Gasteiger partial charge is 0.239 e. The number of aliphatic hydroxyl groups is 1. The third-order valence-corrected chi connectivity index (χ3v) is 2.78. The zero-order valence-electron chi connectivity index (χ0n) is 7.70. The maximum Gasteiger partial charge on any atom is 0.239 e. The van der Waals surface area contributed by atoms with Crippen LogP contribution in [0.2, 0.25) is 0 Å². The topological polar surface area (TPSA) is 52.6 Å². The number of carbonyl (C=O) groups excluding carboxylic acids is 1. The molecule has 0 saturated carbocycles. The summed E-state index contributed by atoms with van der Waals surface area (Å²) >= 11 is 0. The van der Waals surface area contributed by atoms with Gasteiger partial charge in [0.05, 0.1) is 12.1 Å². The van der Waals surface area contributed by atoms with Crippen LogP contribution in [-0.2, 0) is 4.79 Å². The average molecular weight is 184 g/mol. The maximum absolute atomic E-state index is 11.7. The molecule has 0 aromatic carbocycles. The molecule has 13 heavy (non-hydrogen) atoms. The second kappa shape index (κ2) is 3.64. The summed E-state index contributed by atoms with van der Waals surface area (Å²) < 4.78 is 0. The fourth-order valence-electron chi connectivity index (χ4n) is 1.92. The zero-order chi connectivity index (χ0) is 9.26. The van der Waals surface area contributed by atoms with Crippen molar-refractivity contribution < 1.29 is 9.90 Å². The molecule has 0 aliphatic carbocycles. The van der Waals surface area contributed by atoms with Gasteiger partial charge in [0.1, 0.15) is 0 Å². The number of β-amino-alcohol motifs (C(OH)–C–C–N with tert-alkyl or cyclic N) is 1. The highest BCUT2D eigenvalue weighted by Gasteiger charge is 2.33. The van der Waals surface area contributed by atoms with Gasteiger partial charge in [-0.3, -0.25) is 4.79 Å². The van der Waals surface area contributed by atoms with Crippen LogP contribution in [0, 0.1) is 0 Å². The van der Waals surface area contributed by atoms with Gasteiger partial charge in [0, 0.05) is 13.1 Å². The summed E-state index contributed by atoms with van der Waals surface area (Å²) in [6, 6.07) is 0.0150. The van der Waals surface area contributed by atoms with E-state index in [1.54, 1.807) is 4.90 Å². The molecule has 2 rings (SSSR count). The number of piperidine rings is 1. The maximum atomic E-state index is 11.7. The minimum atomic E-state index is -0.285. The van der Waals surface area contributed by atoms with E-state index in [9.17, 15) is 4.79 Å². The van der Waals surface area contributed by atoms with Crippen LogP contribution >= 0.6 is 0 Å². The molecular formula is C9H16N2O2. The summed E-state index contributed by atoms with van der Waals surface area (Å²) in [6.45, 7) is 2.00. The van der Waals surface area contributed by atoms with Gasteiger partial charge in [-0.05, 0) is 19.4 Å². The van der Waals surface area contributed by atoms with Crippen LogP contribution in [0.4, 0.5) is 0 Å². The molecule has 2 aliphatic heterocycles. The van der Waals surface area contributed by atoms with E-state index >= 15 is 0 Å². The molecule has 4 heteroatoms. The van der Waals surface area contributed by atoms with Crippen LogP contribution in [0.3, 0.4) is 0 Å². The van der Waals surface area contributed by atoms with E-state index in [1.165, 1.54) is 6.42 Å². The van der Waals surface area contributed by atoms with Gasteiger partial charge in [0.25, 0.3) is 0 Å². The summed E-state index contributed by atoms with van der Waals surface area (Å²) in [5.74, 6) is 0.171. The Morgan fingerprint density at radius 3 is 2.69 bits per heavy atom. The van der Waals surface area contributed by atoms with Crippen molar-refractivity contribution in [2.45, 2.75) is 31.4 Å². The third-order valence-electron chi connectivity index (χ3n) is 2.78. The van der Waals surface area contributed by atoms with Crippen molar-refractivity contribution in [1.82, 2.24) is 10.2 Å². The van der Waals surface area contributed by atoms with Gasteiger partial charge in [0.15, 0.2) is 0 Å². The first-order valence-electron chi connectivity index (χ1n) is 4.97. The SMILES string of the molecule is O=C(C1CCCCN1)N1CC(O)C1. The Hall–Kier alpha value is -0.610. The Bertz CT molecular complexity index is 196. The molecule has 1 atom stereocenters. The van der Waals surface area contributed by atoms with Crippen molar-refractivity contribution in [1.29, 1.82) is 0 Å². The lowest BCUT2D eigenvalue weighted by atomic mass is 10.0. The molecule has 74 valence electrons. The van der Waals surface area contributed by atoms with E-state index < -0.39 is 0 Å². The van der Waals surface area contributed by atoms with Gasteiger partial charge in [-0.15, -0.1) is 0 Å². The Morgan fingerprint density at radius 1 is 1.38 bits per heavy atom. The molecule has 0 bridgehead atoms. The largest absolute Gasteiger partial charge is 0.389 e. The molecule has 0 aromatic rings. The van der Waals surface area contributed by atoms with Gasteiger partial charge in [-0.25, -0.2) is 0 Å². The fourth-order valence-corrected chi connectivity index (χ4v) is 1.92. The van der Waals surface area contributed by atoms with Crippen molar-refractivity contribution in [3.05, 3.63) is 0 Å². The van der Waals surface area contributed by atoms with E-state index in [4.69, 9.17) is 5.11 Å². The monoisotopic (exact) mass is 184 g/mol. The molecule has 1 unspecified atom stereocenters. The number of nitrogens with one attached hydrogen (secondary N) is 1. The summed E-state index contributed by atoms with van der Waals surface area (Å²) in [7, 11) is 0. The second-order valence-corrected chi connectivity index (χ2v) is 3.90. The first-order chi connectivity index (χ1) is 6.27. The Kier molecular flexibility index (Phi) is 2.51. The normalized spacial score (nSPS) is 29.9. The van der Waals surface area contributed by atoms with E-state index in [0.29, 0.717) is 13.1 Å². The number of amides is 1. The van der Waals surface area contributed by atoms with Crippen molar-refractivity contribution in [2.75, 3.05) is 19.6 Å². The fraction of sp³-hybridized carbons (Fsp3) is 0.889. The molecule has 2 fully saturated rings. The number of likely N-dealkylation sites (tertiary alicyclic amines) is 1. The number of nitrogens with zero attached hydrogens (tertiary/aromatic N) is 1. The third kappa shape index (κ3) is 1.84. The predicted molar refractivity (Wildman–Crippen MR) is 48.2 cm³/mol. The van der Waals surface area contributed by atoms with E-state index in [0.717, 1.165) is 19.4 Å². The highest BCUT2D eigenvalue weighted by Crippen LogP contribution is 2.14. The molecule has 2 saturated heterocycles. The number of hydrogen-bond acceptors (Lipinski definition) is 3. The Morgan fingerprint density at radius 2 is 2.15 bits per heavy atom. The molecule has 0 spiro atoms. The number of hydrogen-bond donors (Lipinski definition) is 2. The minimum Gasteiger partial charge on any atom is -0.389 e. The quantitative estimate of drug-likeness (QED) is 0.568. The van der Waals surface area contributed by atoms with Gasteiger partial charge in [-0.1, -0.05) is 6.42 Å². The number of rotatable bonds is 1. The highest BCUT2D eigenvalue weighted by molar-refractivity contribution is 5.82. The van der Waals surface area contributed by atoms with E-state index in [1.807, 2.05) is 0 Å². The predicted octanol–water partition coefficient (Wildman–Crippen LogP) is -0.668. The number of aliphatic hydroxyl groups excluding tert-OH is 1. The lowest BCUT2D eigenvalue weighted by Crippen LogP contribution is -2.59. The van der Waals surface area contributed by atoms with Crippen LogP contribution in [0.5, 0.6) is 0 Å². The molecule has 0 radical (unpaired) electrons.